The standard InChI is InChI=1S/C23H22BrN5O/c24-19-5-2-16(3-6-19)21-15-22(27-26-21)28-10-1-11-29(13-12-28)23(30)18-4-7-20-17(14-18)8-9-25-20/h2-9,14-15,25H,1,10-13H2,(H,26,27). The molecule has 0 unspecified atom stereocenters. The summed E-state index contributed by atoms with van der Waals surface area (Å²) in [5.41, 5.74) is 3.89. The number of aromatic nitrogens is 3. The van der Waals surface area contributed by atoms with Gasteiger partial charge in [-0.1, -0.05) is 28.1 Å². The summed E-state index contributed by atoms with van der Waals surface area (Å²) in [5, 5.41) is 8.73. The lowest BCUT2D eigenvalue weighted by atomic mass is 10.1. The maximum Gasteiger partial charge on any atom is 0.253 e. The Kier molecular flexibility index (Phi) is 5.04. The maximum absolute atomic E-state index is 13.0. The van der Waals surface area contributed by atoms with E-state index in [1.54, 1.807) is 0 Å². The number of carbonyl (C=O) groups is 1. The molecule has 7 heteroatoms. The molecule has 1 aliphatic rings. The number of amides is 1. The summed E-state index contributed by atoms with van der Waals surface area (Å²) in [7, 11) is 0. The second-order valence-corrected chi connectivity index (χ2v) is 8.47. The van der Waals surface area contributed by atoms with E-state index in [0.717, 1.165) is 64.1 Å². The highest BCUT2D eigenvalue weighted by molar-refractivity contribution is 9.10. The number of H-pyrrole nitrogens is 2. The number of halogens is 1. The Morgan fingerprint density at radius 2 is 1.83 bits per heavy atom. The van der Waals surface area contributed by atoms with Crippen LogP contribution >= 0.6 is 15.9 Å². The van der Waals surface area contributed by atoms with Crippen molar-refractivity contribution in [3.05, 3.63) is 70.8 Å². The predicted molar refractivity (Wildman–Crippen MR) is 123 cm³/mol. The van der Waals surface area contributed by atoms with Gasteiger partial charge in [-0.25, -0.2) is 0 Å². The highest BCUT2D eigenvalue weighted by atomic mass is 79.9. The molecule has 0 bridgehead atoms. The van der Waals surface area contributed by atoms with Gasteiger partial charge in [0.1, 0.15) is 0 Å². The summed E-state index contributed by atoms with van der Waals surface area (Å²) in [6.07, 6.45) is 2.81. The van der Waals surface area contributed by atoms with Gasteiger partial charge in [0.15, 0.2) is 5.82 Å². The van der Waals surface area contributed by atoms with Gasteiger partial charge < -0.3 is 14.8 Å². The molecule has 6 nitrogen and oxygen atoms in total. The van der Waals surface area contributed by atoms with Gasteiger partial charge in [-0.3, -0.25) is 9.89 Å². The molecule has 0 spiro atoms. The van der Waals surface area contributed by atoms with Crippen molar-refractivity contribution in [3.63, 3.8) is 0 Å². The van der Waals surface area contributed by atoms with Crippen LogP contribution in [-0.4, -0.2) is 52.2 Å². The van der Waals surface area contributed by atoms with Gasteiger partial charge in [-0.05, 0) is 48.4 Å². The molecule has 1 saturated heterocycles. The van der Waals surface area contributed by atoms with Gasteiger partial charge in [0.25, 0.3) is 5.91 Å². The van der Waals surface area contributed by atoms with Crippen molar-refractivity contribution in [1.29, 1.82) is 0 Å². The Bertz CT molecular complexity index is 1180. The van der Waals surface area contributed by atoms with Gasteiger partial charge >= 0.3 is 0 Å². The predicted octanol–water partition coefficient (Wildman–Crippen LogP) is 4.67. The van der Waals surface area contributed by atoms with Crippen LogP contribution in [0.15, 0.2) is 65.3 Å². The molecule has 30 heavy (non-hydrogen) atoms. The molecule has 2 aromatic heterocycles. The Hall–Kier alpha value is -3.06. The SMILES string of the molecule is O=C(c1ccc2[nH]ccc2c1)N1CCCN(c2cc(-c3ccc(Br)cc3)[nH]n2)CC1. The van der Waals surface area contributed by atoms with E-state index in [1.807, 2.05) is 47.5 Å². The van der Waals surface area contributed by atoms with E-state index in [4.69, 9.17) is 0 Å². The molecule has 1 fully saturated rings. The molecule has 0 atom stereocenters. The number of benzene rings is 2. The summed E-state index contributed by atoms with van der Waals surface area (Å²) in [5.74, 6) is 1.02. The Morgan fingerprint density at radius 3 is 2.70 bits per heavy atom. The van der Waals surface area contributed by atoms with Crippen LogP contribution in [-0.2, 0) is 0 Å². The molecule has 0 saturated carbocycles. The first-order valence-corrected chi connectivity index (χ1v) is 10.9. The van der Waals surface area contributed by atoms with Crippen molar-refractivity contribution in [1.82, 2.24) is 20.1 Å². The van der Waals surface area contributed by atoms with E-state index < -0.39 is 0 Å². The van der Waals surface area contributed by atoms with Crippen LogP contribution in [0, 0.1) is 0 Å². The largest absolute Gasteiger partial charge is 0.361 e. The summed E-state index contributed by atoms with van der Waals surface area (Å²) in [6.45, 7) is 3.09. The van der Waals surface area contributed by atoms with Crippen LogP contribution in [0.4, 0.5) is 5.82 Å². The van der Waals surface area contributed by atoms with Crippen LogP contribution in [0.5, 0.6) is 0 Å². The Balaban J connectivity index is 1.28. The highest BCUT2D eigenvalue weighted by Gasteiger charge is 2.22. The van der Waals surface area contributed by atoms with Crippen LogP contribution in [0.25, 0.3) is 22.2 Å². The normalized spacial score (nSPS) is 14.8. The highest BCUT2D eigenvalue weighted by Crippen LogP contribution is 2.24. The first-order valence-electron chi connectivity index (χ1n) is 10.1. The summed E-state index contributed by atoms with van der Waals surface area (Å²) in [6, 6.07) is 18.1. The van der Waals surface area contributed by atoms with E-state index in [1.165, 1.54) is 0 Å². The summed E-state index contributed by atoms with van der Waals surface area (Å²) < 4.78 is 1.05. The monoisotopic (exact) mass is 463 g/mol. The van der Waals surface area contributed by atoms with E-state index in [0.29, 0.717) is 6.54 Å². The molecule has 3 heterocycles. The average molecular weight is 464 g/mol. The fourth-order valence-corrected chi connectivity index (χ4v) is 4.23. The number of carbonyl (C=O) groups excluding carboxylic acids is 1. The van der Waals surface area contributed by atoms with Crippen molar-refractivity contribution in [2.24, 2.45) is 0 Å². The molecule has 4 aromatic rings. The molecular formula is C23H22BrN5O. The van der Waals surface area contributed by atoms with Crippen molar-refractivity contribution in [3.8, 4) is 11.3 Å². The summed E-state index contributed by atoms with van der Waals surface area (Å²) >= 11 is 3.47. The number of hydrogen-bond acceptors (Lipinski definition) is 3. The summed E-state index contributed by atoms with van der Waals surface area (Å²) in [4.78, 5) is 20.4. The van der Waals surface area contributed by atoms with Crippen LogP contribution in [0.1, 0.15) is 16.8 Å². The number of anilines is 1. The smallest absolute Gasteiger partial charge is 0.253 e. The number of rotatable bonds is 3. The average Bonchev–Trinajstić information content (AvgIpc) is 3.38. The first-order chi connectivity index (χ1) is 14.7. The number of hydrogen-bond donors (Lipinski definition) is 2. The zero-order valence-corrected chi connectivity index (χ0v) is 18.0. The van der Waals surface area contributed by atoms with E-state index in [2.05, 4.69) is 54.2 Å². The fraction of sp³-hybridized carbons (Fsp3) is 0.217. The first kappa shape index (κ1) is 18.9. The molecular weight excluding hydrogens is 442 g/mol. The molecule has 1 aliphatic heterocycles. The minimum Gasteiger partial charge on any atom is -0.361 e. The third kappa shape index (κ3) is 3.73. The maximum atomic E-state index is 13.0. The molecule has 2 N–H and O–H groups in total. The molecule has 5 rings (SSSR count). The van der Waals surface area contributed by atoms with Gasteiger partial charge in [-0.2, -0.15) is 5.10 Å². The number of nitrogens with zero attached hydrogens (tertiary/aromatic N) is 3. The topological polar surface area (TPSA) is 68.0 Å². The minimum atomic E-state index is 0.0949. The third-order valence-electron chi connectivity index (χ3n) is 5.63. The molecule has 152 valence electrons. The van der Waals surface area contributed by atoms with E-state index in [-0.39, 0.29) is 5.91 Å². The quantitative estimate of drug-likeness (QED) is 0.463. The van der Waals surface area contributed by atoms with Gasteiger partial charge in [0.05, 0.1) is 5.69 Å². The van der Waals surface area contributed by atoms with Crippen LogP contribution in [0.3, 0.4) is 0 Å². The van der Waals surface area contributed by atoms with Crippen molar-refractivity contribution < 1.29 is 4.79 Å². The number of aromatic amines is 2. The lowest BCUT2D eigenvalue weighted by Gasteiger charge is -2.22. The number of nitrogens with one attached hydrogen (secondary N) is 2. The molecule has 2 aromatic carbocycles. The van der Waals surface area contributed by atoms with Gasteiger partial charge in [-0.15, -0.1) is 0 Å². The van der Waals surface area contributed by atoms with Crippen LogP contribution < -0.4 is 4.90 Å². The minimum absolute atomic E-state index is 0.0949. The van der Waals surface area contributed by atoms with E-state index >= 15 is 0 Å². The van der Waals surface area contributed by atoms with Gasteiger partial charge in [0, 0.05) is 59.4 Å². The molecule has 0 aliphatic carbocycles. The van der Waals surface area contributed by atoms with Crippen molar-refractivity contribution in [2.45, 2.75) is 6.42 Å². The van der Waals surface area contributed by atoms with Crippen molar-refractivity contribution in [2.75, 3.05) is 31.1 Å². The lowest BCUT2D eigenvalue weighted by molar-refractivity contribution is 0.0767. The zero-order valence-electron chi connectivity index (χ0n) is 16.4. The van der Waals surface area contributed by atoms with E-state index in [9.17, 15) is 4.79 Å². The van der Waals surface area contributed by atoms with Crippen LogP contribution in [0.2, 0.25) is 0 Å². The molecule has 0 radical (unpaired) electrons. The molecule has 1 amide bonds. The van der Waals surface area contributed by atoms with Crippen molar-refractivity contribution >= 4 is 38.6 Å². The Morgan fingerprint density at radius 1 is 0.967 bits per heavy atom. The fourth-order valence-electron chi connectivity index (χ4n) is 3.97. The lowest BCUT2D eigenvalue weighted by Crippen LogP contribution is -2.35. The third-order valence-corrected chi connectivity index (χ3v) is 6.16. The Labute approximate surface area is 183 Å². The second kappa shape index (κ2) is 7.99. The van der Waals surface area contributed by atoms with Gasteiger partial charge in [0.2, 0.25) is 0 Å². The zero-order chi connectivity index (χ0) is 20.5. The second-order valence-electron chi connectivity index (χ2n) is 7.56. The number of fused-ring (bicyclic) bond motifs is 1.